The van der Waals surface area contributed by atoms with Gasteiger partial charge in [-0.3, -0.25) is 14.5 Å². The van der Waals surface area contributed by atoms with E-state index in [1.807, 2.05) is 24.0 Å². The van der Waals surface area contributed by atoms with E-state index in [9.17, 15) is 9.59 Å². The Bertz CT molecular complexity index is 613. The number of carbonyl (C=O) groups excluding carboxylic acids is 2. The molecule has 0 saturated carbocycles. The minimum Gasteiger partial charge on any atom is -0.353 e. The molecule has 1 unspecified atom stereocenters. The maximum absolute atomic E-state index is 12.9. The molecule has 5 heteroatoms. The Labute approximate surface area is 157 Å². The summed E-state index contributed by atoms with van der Waals surface area (Å²) in [7, 11) is 0. The van der Waals surface area contributed by atoms with Crippen molar-refractivity contribution in [3.8, 4) is 0 Å². The molecule has 0 aromatic heterocycles. The highest BCUT2D eigenvalue weighted by Gasteiger charge is 2.33. The van der Waals surface area contributed by atoms with E-state index in [2.05, 4.69) is 43.1 Å². The Morgan fingerprint density at radius 3 is 2.58 bits per heavy atom. The standard InChI is InChI=1S/C21H33N3O2/c1-5-18(6-2)24(7-3)20(25)14-19-21(26)22-12-13-23(19)15-17-11-9-8-10-16(17)4/h8-11,18-19H,5-7,12-15H2,1-4H3,(H,22,26). The molecule has 1 aliphatic rings. The predicted molar refractivity (Wildman–Crippen MR) is 105 cm³/mol. The summed E-state index contributed by atoms with van der Waals surface area (Å²) in [5, 5.41) is 2.93. The van der Waals surface area contributed by atoms with Crippen molar-refractivity contribution in [3.63, 3.8) is 0 Å². The van der Waals surface area contributed by atoms with E-state index in [1.54, 1.807) is 0 Å². The lowest BCUT2D eigenvalue weighted by Gasteiger charge is -2.37. The molecule has 0 bridgehead atoms. The van der Waals surface area contributed by atoms with Gasteiger partial charge in [0.1, 0.15) is 0 Å². The van der Waals surface area contributed by atoms with Gasteiger partial charge in [-0.15, -0.1) is 0 Å². The van der Waals surface area contributed by atoms with Crippen molar-refractivity contribution in [2.75, 3.05) is 19.6 Å². The van der Waals surface area contributed by atoms with Crippen molar-refractivity contribution < 1.29 is 9.59 Å². The summed E-state index contributed by atoms with van der Waals surface area (Å²) >= 11 is 0. The zero-order valence-electron chi connectivity index (χ0n) is 16.6. The van der Waals surface area contributed by atoms with Crippen LogP contribution < -0.4 is 5.32 Å². The van der Waals surface area contributed by atoms with E-state index in [0.717, 1.165) is 19.4 Å². The van der Waals surface area contributed by atoms with Gasteiger partial charge in [-0.1, -0.05) is 38.1 Å². The molecule has 26 heavy (non-hydrogen) atoms. The number of nitrogens with zero attached hydrogens (tertiary/aromatic N) is 2. The van der Waals surface area contributed by atoms with Crippen LogP contribution in [0.1, 0.15) is 51.2 Å². The summed E-state index contributed by atoms with van der Waals surface area (Å²) < 4.78 is 0. The molecule has 1 saturated heterocycles. The molecule has 1 aliphatic heterocycles. The monoisotopic (exact) mass is 359 g/mol. The third kappa shape index (κ3) is 4.85. The third-order valence-electron chi connectivity index (χ3n) is 5.49. The average molecular weight is 360 g/mol. The van der Waals surface area contributed by atoms with E-state index in [0.29, 0.717) is 19.6 Å². The van der Waals surface area contributed by atoms with Gasteiger partial charge in [0.2, 0.25) is 11.8 Å². The molecule has 1 atom stereocenters. The van der Waals surface area contributed by atoms with Crippen molar-refractivity contribution in [3.05, 3.63) is 35.4 Å². The maximum Gasteiger partial charge on any atom is 0.237 e. The lowest BCUT2D eigenvalue weighted by Crippen LogP contribution is -2.56. The van der Waals surface area contributed by atoms with Crippen LogP contribution in [0.25, 0.3) is 0 Å². The molecule has 5 nitrogen and oxygen atoms in total. The highest BCUT2D eigenvalue weighted by Crippen LogP contribution is 2.19. The molecular weight excluding hydrogens is 326 g/mol. The van der Waals surface area contributed by atoms with Gasteiger partial charge < -0.3 is 10.2 Å². The van der Waals surface area contributed by atoms with Crippen LogP contribution in [0.5, 0.6) is 0 Å². The van der Waals surface area contributed by atoms with E-state index < -0.39 is 0 Å². The van der Waals surface area contributed by atoms with E-state index in [4.69, 9.17) is 0 Å². The van der Waals surface area contributed by atoms with Gasteiger partial charge in [-0.25, -0.2) is 0 Å². The summed E-state index contributed by atoms with van der Waals surface area (Å²) in [5.41, 5.74) is 2.43. The van der Waals surface area contributed by atoms with Crippen LogP contribution in [0, 0.1) is 6.92 Å². The molecule has 1 fully saturated rings. The molecule has 1 N–H and O–H groups in total. The zero-order valence-corrected chi connectivity index (χ0v) is 16.6. The first-order valence-electron chi connectivity index (χ1n) is 9.87. The van der Waals surface area contributed by atoms with Crippen LogP contribution >= 0.6 is 0 Å². The molecule has 1 aromatic carbocycles. The Morgan fingerprint density at radius 1 is 1.27 bits per heavy atom. The second kappa shape index (κ2) is 9.72. The molecule has 1 aromatic rings. The number of hydrogen-bond donors (Lipinski definition) is 1. The summed E-state index contributed by atoms with van der Waals surface area (Å²) in [6.45, 7) is 11.1. The van der Waals surface area contributed by atoms with Gasteiger partial charge in [0, 0.05) is 32.2 Å². The lowest BCUT2D eigenvalue weighted by molar-refractivity contribution is -0.140. The number of nitrogens with one attached hydrogen (secondary N) is 1. The third-order valence-corrected chi connectivity index (χ3v) is 5.49. The first kappa shape index (κ1) is 20.4. The second-order valence-corrected chi connectivity index (χ2v) is 7.06. The number of piperazine rings is 1. The Kier molecular flexibility index (Phi) is 7.64. The average Bonchev–Trinajstić information content (AvgIpc) is 2.64. The minimum absolute atomic E-state index is 0.0289. The van der Waals surface area contributed by atoms with Crippen molar-refractivity contribution in [2.45, 2.75) is 65.6 Å². The largest absolute Gasteiger partial charge is 0.353 e. The quantitative estimate of drug-likeness (QED) is 0.776. The highest BCUT2D eigenvalue weighted by atomic mass is 16.2. The van der Waals surface area contributed by atoms with Crippen LogP contribution in [0.2, 0.25) is 0 Å². The number of benzene rings is 1. The first-order valence-corrected chi connectivity index (χ1v) is 9.87. The topological polar surface area (TPSA) is 52.7 Å². The second-order valence-electron chi connectivity index (χ2n) is 7.06. The number of carbonyl (C=O) groups is 2. The highest BCUT2D eigenvalue weighted by molar-refractivity contribution is 5.89. The molecule has 2 rings (SSSR count). The Morgan fingerprint density at radius 2 is 1.96 bits per heavy atom. The Balaban J connectivity index is 2.13. The fourth-order valence-corrected chi connectivity index (χ4v) is 3.83. The molecule has 0 spiro atoms. The van der Waals surface area contributed by atoms with Crippen molar-refractivity contribution in [2.24, 2.45) is 0 Å². The van der Waals surface area contributed by atoms with Gasteiger partial charge in [-0.05, 0) is 37.8 Å². The Hall–Kier alpha value is -1.88. The van der Waals surface area contributed by atoms with Crippen LogP contribution in [-0.2, 0) is 16.1 Å². The smallest absolute Gasteiger partial charge is 0.237 e. The van der Waals surface area contributed by atoms with Gasteiger partial charge >= 0.3 is 0 Å². The predicted octanol–water partition coefficient (Wildman–Crippen LogP) is 2.72. The van der Waals surface area contributed by atoms with E-state index in [1.165, 1.54) is 11.1 Å². The van der Waals surface area contributed by atoms with Gasteiger partial charge in [0.25, 0.3) is 0 Å². The molecule has 2 amide bonds. The lowest BCUT2D eigenvalue weighted by atomic mass is 10.0. The van der Waals surface area contributed by atoms with Crippen molar-refractivity contribution in [1.82, 2.24) is 15.1 Å². The summed E-state index contributed by atoms with van der Waals surface area (Å²) in [4.78, 5) is 29.5. The fourth-order valence-electron chi connectivity index (χ4n) is 3.83. The van der Waals surface area contributed by atoms with Crippen LogP contribution in [-0.4, -0.2) is 53.3 Å². The van der Waals surface area contributed by atoms with Crippen LogP contribution in [0.4, 0.5) is 0 Å². The van der Waals surface area contributed by atoms with E-state index in [-0.39, 0.29) is 30.3 Å². The molecule has 1 heterocycles. The molecule has 0 radical (unpaired) electrons. The van der Waals surface area contributed by atoms with Crippen molar-refractivity contribution >= 4 is 11.8 Å². The molecular formula is C21H33N3O2. The van der Waals surface area contributed by atoms with Gasteiger partial charge in [-0.2, -0.15) is 0 Å². The van der Waals surface area contributed by atoms with E-state index >= 15 is 0 Å². The zero-order chi connectivity index (χ0) is 19.1. The summed E-state index contributed by atoms with van der Waals surface area (Å²) in [5.74, 6) is 0.0526. The first-order chi connectivity index (χ1) is 12.5. The van der Waals surface area contributed by atoms with Gasteiger partial charge in [0.05, 0.1) is 12.5 Å². The number of rotatable bonds is 8. The summed E-state index contributed by atoms with van der Waals surface area (Å²) in [6.07, 6.45) is 2.14. The maximum atomic E-state index is 12.9. The molecule has 0 aliphatic carbocycles. The number of hydrogen-bond acceptors (Lipinski definition) is 3. The summed E-state index contributed by atoms with van der Waals surface area (Å²) in [6, 6.07) is 8.10. The normalized spacial score (nSPS) is 18.0. The van der Waals surface area contributed by atoms with Crippen LogP contribution in [0.15, 0.2) is 24.3 Å². The minimum atomic E-state index is -0.390. The molecule has 144 valence electrons. The number of amides is 2. The SMILES string of the molecule is CCC(CC)N(CC)C(=O)CC1C(=O)NCCN1Cc1ccccc1C. The fraction of sp³-hybridized carbons (Fsp3) is 0.619. The van der Waals surface area contributed by atoms with Crippen molar-refractivity contribution in [1.29, 1.82) is 0 Å². The van der Waals surface area contributed by atoms with Crippen LogP contribution in [0.3, 0.4) is 0 Å². The van der Waals surface area contributed by atoms with Gasteiger partial charge in [0.15, 0.2) is 0 Å². The number of aryl methyl sites for hydroxylation is 1.